The standard InChI is InChI=1S/C10H8O5/c1-15-7-3-2-6(5-11)8(4-7)9(12)10(13)14/h2-5H,1H3,(H,13,14). The fourth-order valence-electron chi connectivity index (χ4n) is 1.08. The van der Waals surface area contributed by atoms with E-state index in [1.54, 1.807) is 0 Å². The maximum Gasteiger partial charge on any atom is 0.377 e. The Labute approximate surface area is 85.3 Å². The molecule has 0 radical (unpaired) electrons. The third kappa shape index (κ3) is 2.19. The van der Waals surface area contributed by atoms with Crippen LogP contribution in [0.4, 0.5) is 0 Å². The van der Waals surface area contributed by atoms with Crippen molar-refractivity contribution in [3.8, 4) is 5.75 Å². The number of hydrogen-bond donors (Lipinski definition) is 1. The molecule has 0 aromatic heterocycles. The Morgan fingerprint density at radius 1 is 1.40 bits per heavy atom. The molecule has 1 aromatic carbocycles. The van der Waals surface area contributed by atoms with E-state index in [0.29, 0.717) is 12.0 Å². The largest absolute Gasteiger partial charge is 0.497 e. The van der Waals surface area contributed by atoms with E-state index in [-0.39, 0.29) is 11.1 Å². The molecule has 1 rings (SSSR count). The van der Waals surface area contributed by atoms with Gasteiger partial charge in [0.05, 0.1) is 7.11 Å². The van der Waals surface area contributed by atoms with E-state index >= 15 is 0 Å². The third-order valence-corrected chi connectivity index (χ3v) is 1.83. The zero-order valence-electron chi connectivity index (χ0n) is 7.89. The number of methoxy groups -OCH3 is 1. The van der Waals surface area contributed by atoms with Gasteiger partial charge in [-0.1, -0.05) is 0 Å². The predicted octanol–water partition coefficient (Wildman–Crippen LogP) is 0.775. The number of hydrogen-bond acceptors (Lipinski definition) is 4. The molecule has 0 aliphatic rings. The van der Waals surface area contributed by atoms with Crippen molar-refractivity contribution in [2.45, 2.75) is 0 Å². The van der Waals surface area contributed by atoms with Crippen molar-refractivity contribution in [2.24, 2.45) is 0 Å². The quantitative estimate of drug-likeness (QED) is 0.449. The topological polar surface area (TPSA) is 80.7 Å². The highest BCUT2D eigenvalue weighted by molar-refractivity contribution is 6.41. The molecule has 15 heavy (non-hydrogen) atoms. The van der Waals surface area contributed by atoms with E-state index in [9.17, 15) is 14.4 Å². The van der Waals surface area contributed by atoms with Crippen LogP contribution >= 0.6 is 0 Å². The maximum absolute atomic E-state index is 11.2. The SMILES string of the molecule is COc1ccc(C=O)c(C(=O)C(=O)O)c1. The van der Waals surface area contributed by atoms with Crippen LogP contribution in [0.2, 0.25) is 0 Å². The first-order chi connectivity index (χ1) is 7.10. The molecular formula is C10H8O5. The Hall–Kier alpha value is -2.17. The molecule has 1 aromatic rings. The van der Waals surface area contributed by atoms with Crippen LogP contribution in [-0.2, 0) is 4.79 Å². The summed E-state index contributed by atoms with van der Waals surface area (Å²) in [5, 5.41) is 8.51. The van der Waals surface area contributed by atoms with Gasteiger partial charge in [-0.25, -0.2) is 4.79 Å². The number of ether oxygens (including phenoxy) is 1. The normalized spacial score (nSPS) is 9.40. The minimum atomic E-state index is -1.61. The van der Waals surface area contributed by atoms with Gasteiger partial charge in [0.15, 0.2) is 6.29 Å². The second-order valence-corrected chi connectivity index (χ2v) is 2.71. The van der Waals surface area contributed by atoms with Crippen LogP contribution in [-0.4, -0.2) is 30.3 Å². The lowest BCUT2D eigenvalue weighted by molar-refractivity contribution is -0.131. The number of carboxylic acid groups (broad SMARTS) is 1. The van der Waals surface area contributed by atoms with Gasteiger partial charge in [0.1, 0.15) is 5.75 Å². The number of Topliss-reactive ketones (excluding diaryl/α,β-unsaturated/α-hetero) is 1. The van der Waals surface area contributed by atoms with Gasteiger partial charge in [-0.15, -0.1) is 0 Å². The monoisotopic (exact) mass is 208 g/mol. The molecule has 1 N–H and O–H groups in total. The number of ketones is 1. The summed E-state index contributed by atoms with van der Waals surface area (Å²) in [6, 6.07) is 4.03. The number of aliphatic carboxylic acids is 1. The molecule has 0 heterocycles. The molecule has 5 nitrogen and oxygen atoms in total. The van der Waals surface area contributed by atoms with Crippen molar-refractivity contribution in [3.63, 3.8) is 0 Å². The van der Waals surface area contributed by atoms with Crippen molar-refractivity contribution in [2.75, 3.05) is 7.11 Å². The summed E-state index contributed by atoms with van der Waals surface area (Å²) in [6.07, 6.45) is 0.426. The second-order valence-electron chi connectivity index (χ2n) is 2.71. The zero-order valence-corrected chi connectivity index (χ0v) is 7.89. The van der Waals surface area contributed by atoms with Crippen LogP contribution in [0.5, 0.6) is 5.75 Å². The lowest BCUT2D eigenvalue weighted by atomic mass is 10.0. The maximum atomic E-state index is 11.2. The molecule has 0 amide bonds. The van der Waals surface area contributed by atoms with Crippen LogP contribution in [0.3, 0.4) is 0 Å². The van der Waals surface area contributed by atoms with Crippen LogP contribution < -0.4 is 4.74 Å². The number of carboxylic acids is 1. The van der Waals surface area contributed by atoms with Crippen LogP contribution in [0.25, 0.3) is 0 Å². The average molecular weight is 208 g/mol. The smallest absolute Gasteiger partial charge is 0.377 e. The first-order valence-corrected chi connectivity index (χ1v) is 4.01. The molecule has 0 fully saturated rings. The summed E-state index contributed by atoms with van der Waals surface area (Å²) in [6.45, 7) is 0. The zero-order chi connectivity index (χ0) is 11.4. The van der Waals surface area contributed by atoms with E-state index in [2.05, 4.69) is 0 Å². The summed E-state index contributed by atoms with van der Waals surface area (Å²) < 4.78 is 4.82. The molecule has 0 saturated heterocycles. The highest BCUT2D eigenvalue weighted by Crippen LogP contribution is 2.17. The molecular weight excluding hydrogens is 200 g/mol. The number of carbonyl (C=O) groups is 3. The van der Waals surface area contributed by atoms with Gasteiger partial charge >= 0.3 is 5.97 Å². The summed E-state index contributed by atoms with van der Waals surface area (Å²) >= 11 is 0. The van der Waals surface area contributed by atoms with E-state index < -0.39 is 11.8 Å². The minimum Gasteiger partial charge on any atom is -0.497 e. The lowest BCUT2D eigenvalue weighted by Gasteiger charge is -2.03. The second kappa shape index (κ2) is 4.36. The Bertz CT molecular complexity index is 422. The van der Waals surface area contributed by atoms with Crippen LogP contribution in [0, 0.1) is 0 Å². The molecule has 0 aliphatic carbocycles. The number of benzene rings is 1. The molecule has 5 heteroatoms. The molecule has 78 valence electrons. The van der Waals surface area contributed by atoms with E-state index in [1.165, 1.54) is 25.3 Å². The molecule has 0 unspecified atom stereocenters. The van der Waals surface area contributed by atoms with Gasteiger partial charge < -0.3 is 9.84 Å². The Morgan fingerprint density at radius 3 is 2.53 bits per heavy atom. The van der Waals surface area contributed by atoms with Crippen molar-refractivity contribution < 1.29 is 24.2 Å². The first kappa shape index (κ1) is 10.9. The molecule has 0 atom stereocenters. The lowest BCUT2D eigenvalue weighted by Crippen LogP contribution is -2.14. The average Bonchev–Trinajstić information content (AvgIpc) is 2.27. The Kier molecular flexibility index (Phi) is 3.17. The van der Waals surface area contributed by atoms with Gasteiger partial charge in [0.2, 0.25) is 0 Å². The van der Waals surface area contributed by atoms with E-state index in [4.69, 9.17) is 9.84 Å². The number of aldehydes is 1. The Morgan fingerprint density at radius 2 is 2.07 bits per heavy atom. The Balaban J connectivity index is 3.29. The van der Waals surface area contributed by atoms with Gasteiger partial charge in [-0.05, 0) is 18.2 Å². The van der Waals surface area contributed by atoms with E-state index in [1.807, 2.05) is 0 Å². The highest BCUT2D eigenvalue weighted by Gasteiger charge is 2.18. The van der Waals surface area contributed by atoms with Gasteiger partial charge in [-0.2, -0.15) is 0 Å². The molecule has 0 spiro atoms. The fraction of sp³-hybridized carbons (Fsp3) is 0.100. The summed E-state index contributed by atoms with van der Waals surface area (Å²) in [7, 11) is 1.38. The summed E-state index contributed by atoms with van der Waals surface area (Å²) in [5.74, 6) is -2.41. The summed E-state index contributed by atoms with van der Waals surface area (Å²) in [5.41, 5.74) is -0.139. The van der Waals surface area contributed by atoms with Gasteiger partial charge in [-0.3, -0.25) is 9.59 Å². The first-order valence-electron chi connectivity index (χ1n) is 4.01. The number of carbonyl (C=O) groups excluding carboxylic acids is 2. The molecule has 0 aliphatic heterocycles. The van der Waals surface area contributed by atoms with Crippen molar-refractivity contribution in [1.82, 2.24) is 0 Å². The third-order valence-electron chi connectivity index (χ3n) is 1.83. The van der Waals surface area contributed by atoms with Crippen LogP contribution in [0.15, 0.2) is 18.2 Å². The van der Waals surface area contributed by atoms with Crippen molar-refractivity contribution in [1.29, 1.82) is 0 Å². The predicted molar refractivity (Wildman–Crippen MR) is 50.3 cm³/mol. The highest BCUT2D eigenvalue weighted by atomic mass is 16.5. The number of rotatable bonds is 4. The van der Waals surface area contributed by atoms with E-state index in [0.717, 1.165) is 0 Å². The molecule has 0 bridgehead atoms. The summed E-state index contributed by atoms with van der Waals surface area (Å²) in [4.78, 5) is 32.2. The van der Waals surface area contributed by atoms with Crippen molar-refractivity contribution >= 4 is 18.0 Å². The van der Waals surface area contributed by atoms with Crippen LogP contribution in [0.1, 0.15) is 20.7 Å². The van der Waals surface area contributed by atoms with Gasteiger partial charge in [0, 0.05) is 11.1 Å². The minimum absolute atomic E-state index is 0.0307. The fourth-order valence-corrected chi connectivity index (χ4v) is 1.08. The van der Waals surface area contributed by atoms with Crippen molar-refractivity contribution in [3.05, 3.63) is 29.3 Å². The molecule has 0 saturated carbocycles. The van der Waals surface area contributed by atoms with Gasteiger partial charge in [0.25, 0.3) is 5.78 Å².